The van der Waals surface area contributed by atoms with Crippen LogP contribution in [0.3, 0.4) is 0 Å². The van der Waals surface area contributed by atoms with E-state index >= 15 is 0 Å². The lowest BCUT2D eigenvalue weighted by Crippen LogP contribution is -1.98. The van der Waals surface area contributed by atoms with Gasteiger partial charge in [0.1, 0.15) is 17.5 Å². The molecule has 0 spiro atoms. The van der Waals surface area contributed by atoms with Crippen molar-refractivity contribution in [2.75, 3.05) is 5.75 Å². The van der Waals surface area contributed by atoms with Gasteiger partial charge in [-0.05, 0) is 73.3 Å². The Balaban J connectivity index is 0.000000389. The fraction of sp³-hybridized carbons (Fsp3) is 0.240. The summed E-state index contributed by atoms with van der Waals surface area (Å²) in [5.41, 5.74) is 4.97. The number of aryl methyl sites for hydroxylation is 1. The molecule has 0 bridgehead atoms. The Morgan fingerprint density at radius 2 is 1.94 bits per heavy atom. The monoisotopic (exact) mass is 496 g/mol. The van der Waals surface area contributed by atoms with E-state index in [1.807, 2.05) is 32.1 Å². The van der Waals surface area contributed by atoms with Gasteiger partial charge in [-0.15, -0.1) is 0 Å². The van der Waals surface area contributed by atoms with Crippen molar-refractivity contribution < 1.29 is 21.9 Å². The van der Waals surface area contributed by atoms with Gasteiger partial charge >= 0.3 is 0 Å². The van der Waals surface area contributed by atoms with E-state index in [1.54, 1.807) is 13.1 Å². The summed E-state index contributed by atoms with van der Waals surface area (Å²) in [5, 5.41) is 0.739. The Hall–Kier alpha value is -2.48. The number of nitrogens with zero attached hydrogens (tertiary/aromatic N) is 1. The van der Waals surface area contributed by atoms with Crippen molar-refractivity contribution in [1.29, 1.82) is 0 Å². The second kappa shape index (κ2) is 14.6. The van der Waals surface area contributed by atoms with Crippen molar-refractivity contribution in [3.05, 3.63) is 100 Å². The van der Waals surface area contributed by atoms with E-state index in [4.69, 9.17) is 11.6 Å². The van der Waals surface area contributed by atoms with Crippen LogP contribution in [0.5, 0.6) is 0 Å². The van der Waals surface area contributed by atoms with E-state index in [1.165, 1.54) is 6.08 Å². The average molecular weight is 497 g/mol. The molecular weight excluding hydrogens is 471 g/mol. The molecule has 0 N–H and O–H groups in total. The fourth-order valence-electron chi connectivity index (χ4n) is 2.78. The van der Waals surface area contributed by atoms with Crippen LogP contribution in [0.15, 0.2) is 77.8 Å². The Bertz CT molecular complexity index is 1070. The molecule has 1 aromatic rings. The molecule has 1 heterocycles. The maximum Gasteiger partial charge on any atom is 0.125 e. The summed E-state index contributed by atoms with van der Waals surface area (Å²) >= 11 is 3.70. The zero-order chi connectivity index (χ0) is 25.0. The van der Waals surface area contributed by atoms with Gasteiger partial charge in [0, 0.05) is 23.1 Å². The van der Waals surface area contributed by atoms with Gasteiger partial charge in [-0.3, -0.25) is 9.19 Å². The van der Waals surface area contributed by atoms with Gasteiger partial charge in [0.15, 0.2) is 0 Å². The average Bonchev–Trinajstić information content (AvgIpc) is 2.99. The first kappa shape index (κ1) is 28.6. The number of halogens is 4. The SMILES string of the molecule is C=C/C(F)=C\C(F)=C/CS(=O)[O-].CC/C(F)=C\c1ncc(C)c(C2=CCC=C(Cl)C=C2)c1C. The molecule has 0 radical (unpaired) electrons. The van der Waals surface area contributed by atoms with Crippen LogP contribution in [0.1, 0.15) is 42.1 Å². The van der Waals surface area contributed by atoms with Crippen LogP contribution in [0.25, 0.3) is 11.6 Å². The molecule has 2 rings (SSSR count). The highest BCUT2D eigenvalue weighted by Crippen LogP contribution is 2.29. The van der Waals surface area contributed by atoms with Crippen molar-refractivity contribution in [3.63, 3.8) is 0 Å². The summed E-state index contributed by atoms with van der Waals surface area (Å²) in [4.78, 5) is 4.35. The van der Waals surface area contributed by atoms with E-state index < -0.39 is 28.5 Å². The Morgan fingerprint density at radius 3 is 2.55 bits per heavy atom. The van der Waals surface area contributed by atoms with Crippen LogP contribution in [0.4, 0.5) is 13.2 Å². The number of hydrogen-bond acceptors (Lipinski definition) is 3. The molecule has 1 aliphatic rings. The molecule has 178 valence electrons. The van der Waals surface area contributed by atoms with Crippen LogP contribution in [0.2, 0.25) is 0 Å². The molecule has 0 aromatic carbocycles. The maximum absolute atomic E-state index is 13.6. The Labute approximate surface area is 200 Å². The van der Waals surface area contributed by atoms with Crippen LogP contribution < -0.4 is 0 Å². The summed E-state index contributed by atoms with van der Waals surface area (Å²) in [7, 11) is 0. The third-order valence-electron chi connectivity index (χ3n) is 4.43. The van der Waals surface area contributed by atoms with Crippen molar-refractivity contribution in [1.82, 2.24) is 4.98 Å². The molecule has 0 saturated carbocycles. The standard InChI is InChI=1S/C18H19ClFN.C7H8F2O2S/c1-4-16(20)10-17-13(3)18(12(2)11-21-17)14-6-5-7-15(19)9-8-14;1-2-6(8)5-7(9)3-4-12(10)11/h6-11H,4-5H2,1-3H3;2-3,5H,1,4H2,(H,10,11)/p-1/b16-10+;6-5+,7-3+. The van der Waals surface area contributed by atoms with Crippen molar-refractivity contribution >= 4 is 34.3 Å². The second-order valence-electron chi connectivity index (χ2n) is 6.88. The molecule has 8 heteroatoms. The minimum absolute atomic E-state index is 0.157. The number of hydrogen-bond donors (Lipinski definition) is 0. The lowest BCUT2D eigenvalue weighted by Gasteiger charge is -2.13. The molecule has 1 atom stereocenters. The maximum atomic E-state index is 13.6. The topological polar surface area (TPSA) is 53.0 Å². The van der Waals surface area contributed by atoms with Gasteiger partial charge in [0.2, 0.25) is 0 Å². The van der Waals surface area contributed by atoms with E-state index in [0.29, 0.717) is 18.2 Å². The molecule has 0 saturated heterocycles. The highest BCUT2D eigenvalue weighted by molar-refractivity contribution is 7.79. The molecule has 0 fully saturated rings. The molecule has 0 amide bonds. The predicted octanol–water partition coefficient (Wildman–Crippen LogP) is 7.64. The fourth-order valence-corrected chi connectivity index (χ4v) is 3.23. The van der Waals surface area contributed by atoms with Gasteiger partial charge in [-0.2, -0.15) is 0 Å². The minimum atomic E-state index is -2.35. The van der Waals surface area contributed by atoms with Crippen LogP contribution in [0, 0.1) is 13.8 Å². The molecule has 1 unspecified atom stereocenters. The molecule has 3 nitrogen and oxygen atoms in total. The summed E-state index contributed by atoms with van der Waals surface area (Å²) in [5.74, 6) is -2.40. The Kier molecular flexibility index (Phi) is 12.7. The quantitative estimate of drug-likeness (QED) is 0.288. The van der Waals surface area contributed by atoms with Gasteiger partial charge in [0.05, 0.1) is 5.69 Å². The van der Waals surface area contributed by atoms with E-state index in [0.717, 1.165) is 45.9 Å². The first-order chi connectivity index (χ1) is 15.6. The highest BCUT2D eigenvalue weighted by atomic mass is 35.5. The van der Waals surface area contributed by atoms with Gasteiger partial charge in [0.25, 0.3) is 0 Å². The minimum Gasteiger partial charge on any atom is -0.772 e. The van der Waals surface area contributed by atoms with Crippen LogP contribution >= 0.6 is 11.6 Å². The molecule has 1 aromatic heterocycles. The van der Waals surface area contributed by atoms with Gasteiger partial charge in [-0.1, -0.05) is 54.4 Å². The summed E-state index contributed by atoms with van der Waals surface area (Å²) in [6.45, 7) is 8.85. The third kappa shape index (κ3) is 10.3. The highest BCUT2D eigenvalue weighted by Gasteiger charge is 2.12. The molecular formula is C25H26ClF3NO2S-. The van der Waals surface area contributed by atoms with Crippen LogP contribution in [-0.2, 0) is 11.1 Å². The summed E-state index contributed by atoms with van der Waals surface area (Å²) in [6.07, 6.45) is 14.6. The first-order valence-electron chi connectivity index (χ1n) is 10.1. The van der Waals surface area contributed by atoms with Crippen LogP contribution in [-0.4, -0.2) is 19.5 Å². The normalized spacial score (nSPS) is 15.7. The summed E-state index contributed by atoms with van der Waals surface area (Å²) < 4.78 is 58.0. The predicted molar refractivity (Wildman–Crippen MR) is 131 cm³/mol. The largest absolute Gasteiger partial charge is 0.772 e. The number of aromatic nitrogens is 1. The zero-order valence-electron chi connectivity index (χ0n) is 18.7. The van der Waals surface area contributed by atoms with Crippen molar-refractivity contribution in [3.8, 4) is 0 Å². The van der Waals surface area contributed by atoms with E-state index in [9.17, 15) is 21.9 Å². The zero-order valence-corrected chi connectivity index (χ0v) is 20.3. The second-order valence-corrected chi connectivity index (χ2v) is 8.26. The third-order valence-corrected chi connectivity index (χ3v) is 5.15. The lowest BCUT2D eigenvalue weighted by molar-refractivity contribution is 0.539. The first-order valence-corrected chi connectivity index (χ1v) is 11.7. The Morgan fingerprint density at radius 1 is 1.24 bits per heavy atom. The molecule has 33 heavy (non-hydrogen) atoms. The number of pyridine rings is 1. The molecule has 1 aliphatic carbocycles. The van der Waals surface area contributed by atoms with E-state index in [2.05, 4.69) is 17.6 Å². The lowest BCUT2D eigenvalue weighted by atomic mass is 9.94. The smallest absolute Gasteiger partial charge is 0.125 e. The van der Waals surface area contributed by atoms with E-state index in [-0.39, 0.29) is 5.83 Å². The number of rotatable bonds is 7. The van der Waals surface area contributed by atoms with Gasteiger partial charge < -0.3 is 4.55 Å². The van der Waals surface area contributed by atoms with Crippen molar-refractivity contribution in [2.24, 2.45) is 0 Å². The molecule has 0 aliphatic heterocycles. The van der Waals surface area contributed by atoms with Crippen molar-refractivity contribution in [2.45, 2.75) is 33.6 Å². The number of allylic oxidation sites excluding steroid dienone is 11. The summed E-state index contributed by atoms with van der Waals surface area (Å²) in [6, 6.07) is 0. The van der Waals surface area contributed by atoms with Gasteiger partial charge in [-0.25, -0.2) is 13.2 Å².